The van der Waals surface area contributed by atoms with Crippen molar-refractivity contribution in [3.8, 4) is 11.5 Å². The molecule has 0 atom stereocenters. The SMILES string of the molecule is COc1cc(Cl)cc(CCl)c1OCc1cc(F)cc(Br)c1. The fourth-order valence-electron chi connectivity index (χ4n) is 1.89. The summed E-state index contributed by atoms with van der Waals surface area (Å²) in [4.78, 5) is 0. The molecule has 112 valence electrons. The van der Waals surface area contributed by atoms with Crippen molar-refractivity contribution in [2.45, 2.75) is 12.5 Å². The first-order valence-electron chi connectivity index (χ1n) is 6.03. The molecule has 0 fully saturated rings. The largest absolute Gasteiger partial charge is 0.493 e. The van der Waals surface area contributed by atoms with Crippen molar-refractivity contribution >= 4 is 39.1 Å². The van der Waals surface area contributed by atoms with Gasteiger partial charge in [-0.05, 0) is 29.8 Å². The molecule has 0 saturated carbocycles. The molecule has 0 aliphatic heterocycles. The Kier molecular flexibility index (Phi) is 5.73. The number of hydrogen-bond acceptors (Lipinski definition) is 2. The Morgan fingerprint density at radius 3 is 2.57 bits per heavy atom. The van der Waals surface area contributed by atoms with E-state index in [1.165, 1.54) is 19.2 Å². The topological polar surface area (TPSA) is 18.5 Å². The first-order chi connectivity index (χ1) is 10.0. The molecule has 2 aromatic rings. The number of rotatable bonds is 5. The zero-order chi connectivity index (χ0) is 15.4. The third-order valence-electron chi connectivity index (χ3n) is 2.77. The van der Waals surface area contributed by atoms with Crippen LogP contribution in [0.3, 0.4) is 0 Å². The fraction of sp³-hybridized carbons (Fsp3) is 0.200. The summed E-state index contributed by atoms with van der Waals surface area (Å²) in [5.74, 6) is 0.911. The van der Waals surface area contributed by atoms with Crippen LogP contribution in [-0.4, -0.2) is 7.11 Å². The molecule has 0 aromatic heterocycles. The summed E-state index contributed by atoms with van der Waals surface area (Å²) in [6, 6.07) is 7.94. The van der Waals surface area contributed by atoms with E-state index in [4.69, 9.17) is 32.7 Å². The maximum absolute atomic E-state index is 13.3. The van der Waals surface area contributed by atoms with Gasteiger partial charge in [-0.2, -0.15) is 0 Å². The highest BCUT2D eigenvalue weighted by Crippen LogP contribution is 2.36. The number of hydrogen-bond donors (Lipinski definition) is 0. The Hall–Kier alpha value is -0.970. The molecule has 2 aromatic carbocycles. The predicted octanol–water partition coefficient (Wildman–Crippen LogP) is 5.57. The van der Waals surface area contributed by atoms with Crippen molar-refractivity contribution in [2.24, 2.45) is 0 Å². The van der Waals surface area contributed by atoms with Gasteiger partial charge in [0, 0.05) is 21.1 Å². The van der Waals surface area contributed by atoms with Gasteiger partial charge in [0.15, 0.2) is 11.5 Å². The van der Waals surface area contributed by atoms with Gasteiger partial charge in [0.1, 0.15) is 12.4 Å². The van der Waals surface area contributed by atoms with Crippen molar-refractivity contribution in [2.75, 3.05) is 7.11 Å². The Morgan fingerprint density at radius 2 is 1.95 bits per heavy atom. The van der Waals surface area contributed by atoms with Crippen LogP contribution in [0.25, 0.3) is 0 Å². The molecule has 6 heteroatoms. The maximum atomic E-state index is 13.3. The van der Waals surface area contributed by atoms with Gasteiger partial charge >= 0.3 is 0 Å². The summed E-state index contributed by atoms with van der Waals surface area (Å²) in [7, 11) is 1.52. The van der Waals surface area contributed by atoms with Gasteiger partial charge in [0.25, 0.3) is 0 Å². The molecular weight excluding hydrogens is 382 g/mol. The Morgan fingerprint density at radius 1 is 1.19 bits per heavy atom. The number of halogens is 4. The van der Waals surface area contributed by atoms with E-state index < -0.39 is 0 Å². The maximum Gasteiger partial charge on any atom is 0.166 e. The van der Waals surface area contributed by atoms with Crippen LogP contribution in [0.4, 0.5) is 4.39 Å². The standard InChI is InChI=1S/C15H12BrCl2FO2/c1-20-14-6-12(18)4-10(7-17)15(14)21-8-9-2-11(16)5-13(19)3-9/h2-6H,7-8H2,1H3. The lowest BCUT2D eigenvalue weighted by atomic mass is 10.2. The summed E-state index contributed by atoms with van der Waals surface area (Å²) < 4.78 is 25.0. The van der Waals surface area contributed by atoms with Crippen LogP contribution in [0.15, 0.2) is 34.8 Å². The van der Waals surface area contributed by atoms with Crippen LogP contribution < -0.4 is 9.47 Å². The van der Waals surface area contributed by atoms with Crippen LogP contribution in [0.2, 0.25) is 5.02 Å². The molecule has 0 spiro atoms. The van der Waals surface area contributed by atoms with E-state index in [-0.39, 0.29) is 18.3 Å². The number of ether oxygens (including phenoxy) is 2. The average Bonchev–Trinajstić information content (AvgIpc) is 2.43. The number of benzene rings is 2. The lowest BCUT2D eigenvalue weighted by Crippen LogP contribution is -2.01. The average molecular weight is 394 g/mol. The third-order valence-corrected chi connectivity index (χ3v) is 3.73. The van der Waals surface area contributed by atoms with Gasteiger partial charge in [-0.25, -0.2) is 4.39 Å². The number of methoxy groups -OCH3 is 1. The minimum absolute atomic E-state index is 0.193. The molecule has 0 aliphatic carbocycles. The van der Waals surface area contributed by atoms with Crippen molar-refractivity contribution in [3.05, 3.63) is 56.8 Å². The van der Waals surface area contributed by atoms with Crippen molar-refractivity contribution in [1.82, 2.24) is 0 Å². The Labute approximate surface area is 140 Å². The summed E-state index contributed by atoms with van der Waals surface area (Å²) in [5.41, 5.74) is 1.41. The van der Waals surface area contributed by atoms with E-state index in [1.807, 2.05) is 0 Å². The predicted molar refractivity (Wildman–Crippen MR) is 86.0 cm³/mol. The van der Waals surface area contributed by atoms with Gasteiger partial charge < -0.3 is 9.47 Å². The second kappa shape index (κ2) is 7.34. The minimum Gasteiger partial charge on any atom is -0.493 e. The molecule has 0 bridgehead atoms. The molecular formula is C15H12BrCl2FO2. The van der Waals surface area contributed by atoms with Crippen LogP contribution >= 0.6 is 39.1 Å². The minimum atomic E-state index is -0.330. The van der Waals surface area contributed by atoms with E-state index >= 15 is 0 Å². The van der Waals surface area contributed by atoms with Crippen molar-refractivity contribution in [3.63, 3.8) is 0 Å². The fourth-order valence-corrected chi connectivity index (χ4v) is 2.83. The molecule has 2 nitrogen and oxygen atoms in total. The molecule has 0 N–H and O–H groups in total. The molecule has 21 heavy (non-hydrogen) atoms. The van der Waals surface area contributed by atoms with Crippen LogP contribution in [0.5, 0.6) is 11.5 Å². The van der Waals surface area contributed by atoms with E-state index in [0.717, 1.165) is 5.56 Å². The smallest absolute Gasteiger partial charge is 0.166 e. The monoisotopic (exact) mass is 392 g/mol. The zero-order valence-corrected chi connectivity index (χ0v) is 14.2. The van der Waals surface area contributed by atoms with Gasteiger partial charge in [-0.15, -0.1) is 11.6 Å². The van der Waals surface area contributed by atoms with Gasteiger partial charge in [0.2, 0.25) is 0 Å². The summed E-state index contributed by atoms with van der Waals surface area (Å²) in [6.45, 7) is 0.193. The zero-order valence-electron chi connectivity index (χ0n) is 11.1. The van der Waals surface area contributed by atoms with Crippen LogP contribution in [-0.2, 0) is 12.5 Å². The lowest BCUT2D eigenvalue weighted by Gasteiger charge is -2.15. The van der Waals surface area contributed by atoms with Crippen LogP contribution in [0, 0.1) is 5.82 Å². The molecule has 0 aliphatic rings. The van der Waals surface area contributed by atoms with E-state index in [0.29, 0.717) is 26.6 Å². The quantitative estimate of drug-likeness (QED) is 0.618. The molecule has 0 unspecified atom stereocenters. The van der Waals surface area contributed by atoms with Gasteiger partial charge in [-0.3, -0.25) is 0 Å². The summed E-state index contributed by atoms with van der Waals surface area (Å²) in [6.07, 6.45) is 0. The van der Waals surface area contributed by atoms with E-state index in [1.54, 1.807) is 18.2 Å². The van der Waals surface area contributed by atoms with Crippen LogP contribution in [0.1, 0.15) is 11.1 Å². The Balaban J connectivity index is 2.26. The summed E-state index contributed by atoms with van der Waals surface area (Å²) in [5, 5.41) is 0.517. The first kappa shape index (κ1) is 16.4. The summed E-state index contributed by atoms with van der Waals surface area (Å²) >= 11 is 15.1. The van der Waals surface area contributed by atoms with Crippen molar-refractivity contribution < 1.29 is 13.9 Å². The van der Waals surface area contributed by atoms with E-state index in [2.05, 4.69) is 15.9 Å². The van der Waals surface area contributed by atoms with Gasteiger partial charge in [0.05, 0.1) is 13.0 Å². The normalized spacial score (nSPS) is 10.5. The molecule has 2 rings (SSSR count). The highest BCUT2D eigenvalue weighted by atomic mass is 79.9. The number of alkyl halides is 1. The molecule has 0 heterocycles. The van der Waals surface area contributed by atoms with Crippen molar-refractivity contribution in [1.29, 1.82) is 0 Å². The highest BCUT2D eigenvalue weighted by molar-refractivity contribution is 9.10. The third kappa shape index (κ3) is 4.25. The molecule has 0 saturated heterocycles. The second-order valence-corrected chi connectivity index (χ2v) is 5.92. The molecule has 0 radical (unpaired) electrons. The van der Waals surface area contributed by atoms with Gasteiger partial charge in [-0.1, -0.05) is 27.5 Å². The second-order valence-electron chi connectivity index (χ2n) is 4.30. The Bertz CT molecular complexity index is 604. The lowest BCUT2D eigenvalue weighted by molar-refractivity contribution is 0.281. The molecule has 0 amide bonds. The highest BCUT2D eigenvalue weighted by Gasteiger charge is 2.13. The van der Waals surface area contributed by atoms with E-state index in [9.17, 15) is 4.39 Å². The first-order valence-corrected chi connectivity index (χ1v) is 7.74.